The average Bonchev–Trinajstić information content (AvgIpc) is 2.21. The molecule has 1 N–H and O–H groups in total. The van der Waals surface area contributed by atoms with Gasteiger partial charge >= 0.3 is 29.0 Å². The van der Waals surface area contributed by atoms with Crippen LogP contribution in [-0.2, 0) is 4.79 Å². The van der Waals surface area contributed by atoms with Crippen LogP contribution < -0.4 is 0 Å². The van der Waals surface area contributed by atoms with E-state index < -0.39 is 5.97 Å². The van der Waals surface area contributed by atoms with Crippen molar-refractivity contribution >= 4 is 29.0 Å². The van der Waals surface area contributed by atoms with Gasteiger partial charge in [0.15, 0.2) is 0 Å². The zero-order valence-electron chi connectivity index (χ0n) is 10.1. The molecule has 0 aromatic carbocycles. The van der Waals surface area contributed by atoms with E-state index in [1.165, 1.54) is 12.8 Å². The van der Waals surface area contributed by atoms with Crippen molar-refractivity contribution in [1.29, 1.82) is 0 Å². The van der Waals surface area contributed by atoms with Crippen LogP contribution in [0.15, 0.2) is 11.6 Å². The van der Waals surface area contributed by atoms with E-state index in [0.29, 0.717) is 5.57 Å². The Morgan fingerprint density at radius 2 is 1.62 bits per heavy atom. The first-order valence-corrected chi connectivity index (χ1v) is 6.14. The molecule has 0 saturated carbocycles. The second-order valence-electron chi connectivity index (χ2n) is 3.99. The van der Waals surface area contributed by atoms with Crippen molar-refractivity contribution < 1.29 is 9.90 Å². The third-order valence-electron chi connectivity index (χ3n) is 2.52. The van der Waals surface area contributed by atoms with Crippen LogP contribution in [0.2, 0.25) is 0 Å². The Hall–Kier alpha value is -0.0238. The molecule has 0 aromatic heterocycles. The summed E-state index contributed by atoms with van der Waals surface area (Å²) in [5.41, 5.74) is 0.611. The highest BCUT2D eigenvalue weighted by Gasteiger charge is 2.05. The fraction of sp³-hybridized carbons (Fsp3) is 0.769. The first-order valence-electron chi connectivity index (χ1n) is 6.14. The summed E-state index contributed by atoms with van der Waals surface area (Å²) in [6.45, 7) is 4.29. The summed E-state index contributed by atoms with van der Waals surface area (Å²) in [4.78, 5) is 10.9. The Kier molecular flexibility index (Phi) is 15.0. The van der Waals surface area contributed by atoms with Gasteiger partial charge in [-0.3, -0.25) is 0 Å². The third-order valence-corrected chi connectivity index (χ3v) is 2.52. The van der Waals surface area contributed by atoms with Gasteiger partial charge in [-0.2, -0.15) is 0 Å². The lowest BCUT2D eigenvalue weighted by molar-refractivity contribution is -0.132. The summed E-state index contributed by atoms with van der Waals surface area (Å²) >= 11 is 0. The first kappa shape index (κ1) is 18.3. The quantitative estimate of drug-likeness (QED) is 0.380. The summed E-state index contributed by atoms with van der Waals surface area (Å²) in [6.07, 6.45) is 10.3. The Morgan fingerprint density at radius 1 is 1.06 bits per heavy atom. The molecule has 2 nitrogen and oxygen atoms in total. The molecule has 16 heavy (non-hydrogen) atoms. The molecule has 0 aromatic rings. The normalized spacial score (nSPS) is 11.0. The monoisotopic (exact) mass is 238 g/mol. The smallest absolute Gasteiger partial charge is 0.331 e. The van der Waals surface area contributed by atoms with E-state index in [-0.39, 0.29) is 23.1 Å². The zero-order chi connectivity index (χ0) is 11.5. The number of carboxylic acids is 1. The fourth-order valence-electron chi connectivity index (χ4n) is 1.53. The van der Waals surface area contributed by atoms with Crippen molar-refractivity contribution in [3.8, 4) is 0 Å². The number of allylic oxidation sites excluding steroid dienone is 1. The lowest BCUT2D eigenvalue weighted by Crippen LogP contribution is -2.00. The number of hydrogen-bond donors (Lipinski definition) is 1. The molecular weight excluding hydrogens is 212 g/mol. The second-order valence-corrected chi connectivity index (χ2v) is 3.99. The first-order chi connectivity index (χ1) is 7.22. The standard InChI is InChI=1S/C13H24O2.Mg.2H/c1-3-5-7-9-11-12(13(14)15)10-8-6-4-2;;;/h11H,3-10H2,1-2H3,(H,14,15);;;. The van der Waals surface area contributed by atoms with Crippen molar-refractivity contribution in [3.63, 3.8) is 0 Å². The third kappa shape index (κ3) is 10.5. The molecule has 0 aliphatic carbocycles. The number of aliphatic carboxylic acids is 1. The summed E-state index contributed by atoms with van der Waals surface area (Å²) in [5.74, 6) is -0.734. The predicted octanol–water partition coefficient (Wildman–Crippen LogP) is 3.24. The lowest BCUT2D eigenvalue weighted by atomic mass is 10.1. The van der Waals surface area contributed by atoms with Gasteiger partial charge in [0.05, 0.1) is 0 Å². The van der Waals surface area contributed by atoms with E-state index in [0.717, 1.165) is 38.5 Å². The van der Waals surface area contributed by atoms with Crippen LogP contribution in [0.3, 0.4) is 0 Å². The molecule has 0 unspecified atom stereocenters. The topological polar surface area (TPSA) is 37.3 Å². The van der Waals surface area contributed by atoms with Gasteiger partial charge in [0, 0.05) is 5.57 Å². The molecule has 0 spiro atoms. The lowest BCUT2D eigenvalue weighted by Gasteiger charge is -2.02. The fourth-order valence-corrected chi connectivity index (χ4v) is 1.53. The Bertz CT molecular complexity index is 200. The molecule has 0 fully saturated rings. The van der Waals surface area contributed by atoms with Gasteiger partial charge in [-0.25, -0.2) is 4.79 Å². The van der Waals surface area contributed by atoms with Crippen LogP contribution in [0.5, 0.6) is 0 Å². The molecule has 3 heteroatoms. The number of rotatable bonds is 9. The van der Waals surface area contributed by atoms with E-state index in [1.807, 2.05) is 6.08 Å². The maximum Gasteiger partial charge on any atom is 0.331 e. The Morgan fingerprint density at radius 3 is 2.12 bits per heavy atom. The van der Waals surface area contributed by atoms with Crippen LogP contribution in [0, 0.1) is 0 Å². The zero-order valence-corrected chi connectivity index (χ0v) is 10.1. The molecule has 0 aliphatic rings. The maximum absolute atomic E-state index is 10.9. The van der Waals surface area contributed by atoms with Gasteiger partial charge in [0.25, 0.3) is 0 Å². The molecule has 0 bridgehead atoms. The van der Waals surface area contributed by atoms with Crippen LogP contribution in [0.4, 0.5) is 0 Å². The van der Waals surface area contributed by atoms with Crippen LogP contribution in [0.1, 0.15) is 65.2 Å². The second kappa shape index (κ2) is 13.0. The number of unbranched alkanes of at least 4 members (excludes halogenated alkanes) is 5. The van der Waals surface area contributed by atoms with E-state index in [4.69, 9.17) is 5.11 Å². The van der Waals surface area contributed by atoms with Gasteiger partial charge in [0.2, 0.25) is 0 Å². The van der Waals surface area contributed by atoms with Crippen molar-refractivity contribution in [3.05, 3.63) is 11.6 Å². The molecule has 0 amide bonds. The summed E-state index contributed by atoms with van der Waals surface area (Å²) in [7, 11) is 0. The molecule has 92 valence electrons. The molecule has 0 atom stereocenters. The molecule has 0 rings (SSSR count). The van der Waals surface area contributed by atoms with Gasteiger partial charge < -0.3 is 5.11 Å². The predicted molar refractivity (Wildman–Crippen MR) is 72.5 cm³/mol. The molecule has 0 saturated heterocycles. The van der Waals surface area contributed by atoms with E-state index in [2.05, 4.69) is 13.8 Å². The molecule has 0 aliphatic heterocycles. The van der Waals surface area contributed by atoms with Gasteiger partial charge in [-0.1, -0.05) is 45.6 Å². The Labute approximate surface area is 116 Å². The molecule has 0 radical (unpaired) electrons. The van der Waals surface area contributed by atoms with Gasteiger partial charge in [0.1, 0.15) is 0 Å². The molecule has 0 heterocycles. The highest BCUT2D eigenvalue weighted by molar-refractivity contribution is 5.86. The maximum atomic E-state index is 10.9. The number of carbonyl (C=O) groups is 1. The van der Waals surface area contributed by atoms with Crippen LogP contribution >= 0.6 is 0 Å². The highest BCUT2D eigenvalue weighted by Crippen LogP contribution is 2.11. The van der Waals surface area contributed by atoms with Gasteiger partial charge in [-0.05, 0) is 25.7 Å². The summed E-state index contributed by atoms with van der Waals surface area (Å²) in [6, 6.07) is 0. The van der Waals surface area contributed by atoms with Crippen molar-refractivity contribution in [1.82, 2.24) is 0 Å². The van der Waals surface area contributed by atoms with Crippen LogP contribution in [0.25, 0.3) is 0 Å². The Balaban J connectivity index is 0. The molecular formula is C13H26MgO2. The van der Waals surface area contributed by atoms with E-state index in [1.54, 1.807) is 0 Å². The minimum atomic E-state index is -0.734. The SMILES string of the molecule is CCCCCC=C(CCCCC)C(=O)O.[MgH2]. The minimum Gasteiger partial charge on any atom is -0.478 e. The minimum absolute atomic E-state index is 0. The van der Waals surface area contributed by atoms with E-state index in [9.17, 15) is 4.79 Å². The highest BCUT2D eigenvalue weighted by atomic mass is 24.3. The largest absolute Gasteiger partial charge is 0.478 e. The number of carboxylic acid groups (broad SMARTS) is 1. The van der Waals surface area contributed by atoms with Crippen LogP contribution in [-0.4, -0.2) is 34.1 Å². The van der Waals surface area contributed by atoms with Crippen molar-refractivity contribution in [2.75, 3.05) is 0 Å². The summed E-state index contributed by atoms with van der Waals surface area (Å²) < 4.78 is 0. The van der Waals surface area contributed by atoms with Crippen molar-refractivity contribution in [2.24, 2.45) is 0 Å². The van der Waals surface area contributed by atoms with Crippen molar-refractivity contribution in [2.45, 2.75) is 65.2 Å². The summed E-state index contributed by atoms with van der Waals surface area (Å²) in [5, 5.41) is 8.96. The average molecular weight is 239 g/mol. The van der Waals surface area contributed by atoms with E-state index >= 15 is 0 Å². The number of hydrogen-bond acceptors (Lipinski definition) is 1. The van der Waals surface area contributed by atoms with Gasteiger partial charge in [-0.15, -0.1) is 0 Å².